The van der Waals surface area contributed by atoms with E-state index in [1.807, 2.05) is 0 Å². The highest BCUT2D eigenvalue weighted by Gasteiger charge is 2.45. The summed E-state index contributed by atoms with van der Waals surface area (Å²) < 4.78 is 0. The first-order valence-corrected chi connectivity index (χ1v) is 5.70. The van der Waals surface area contributed by atoms with Crippen LogP contribution in [0.4, 0.5) is 28.4 Å². The zero-order valence-corrected chi connectivity index (χ0v) is 10.7. The van der Waals surface area contributed by atoms with Crippen LogP contribution in [0.15, 0.2) is 0 Å². The predicted molar refractivity (Wildman–Crippen MR) is 78.5 cm³/mol. The summed E-state index contributed by atoms with van der Waals surface area (Å²) in [5.74, 6) is -1.37. The molecule has 0 aliphatic carbocycles. The highest BCUT2D eigenvalue weighted by molar-refractivity contribution is 5.98. The Labute approximate surface area is 110 Å². The van der Waals surface area contributed by atoms with Gasteiger partial charge in [0.25, 0.3) is 0 Å². The molecule has 0 bridgehead atoms. The Hall–Kier alpha value is -1.94. The Balaban J connectivity index is 2.85. The van der Waals surface area contributed by atoms with E-state index in [9.17, 15) is 0 Å². The van der Waals surface area contributed by atoms with Gasteiger partial charge in [-0.15, -0.1) is 0 Å². The minimum Gasteiger partial charge on any atom is -0.397 e. The second-order valence-corrected chi connectivity index (χ2v) is 4.91. The highest BCUT2D eigenvalue weighted by Crippen LogP contribution is 2.48. The minimum absolute atomic E-state index is 0.182. The average Bonchev–Trinajstić information content (AvgIpc) is 2.36. The Bertz CT molecular complexity index is 539. The molecule has 0 fully saturated rings. The van der Waals surface area contributed by atoms with Crippen LogP contribution in [0.2, 0.25) is 0 Å². The molecule has 0 radical (unpaired) electrons. The minimum atomic E-state index is -1.37. The van der Waals surface area contributed by atoms with Gasteiger partial charge in [0, 0.05) is 12.6 Å². The summed E-state index contributed by atoms with van der Waals surface area (Å²) >= 11 is 0. The van der Waals surface area contributed by atoms with Gasteiger partial charge in [-0.1, -0.05) is 0 Å². The van der Waals surface area contributed by atoms with E-state index < -0.39 is 17.9 Å². The molecule has 0 aromatic heterocycles. The van der Waals surface area contributed by atoms with Crippen molar-refractivity contribution in [1.29, 1.82) is 0 Å². The lowest BCUT2D eigenvalue weighted by atomic mass is 9.86. The Kier molecular flexibility index (Phi) is 2.68. The first-order chi connectivity index (χ1) is 8.62. The van der Waals surface area contributed by atoms with E-state index in [0.717, 1.165) is 0 Å². The lowest BCUT2D eigenvalue weighted by Crippen LogP contribution is -2.76. The summed E-state index contributed by atoms with van der Waals surface area (Å²) in [4.78, 5) is 1.53. The summed E-state index contributed by atoms with van der Waals surface area (Å²) in [5.41, 5.74) is 49.5. The van der Waals surface area contributed by atoms with Crippen molar-refractivity contribution in [1.82, 2.24) is 0 Å². The van der Waals surface area contributed by atoms with Crippen molar-refractivity contribution in [2.24, 2.45) is 22.9 Å². The van der Waals surface area contributed by atoms with Gasteiger partial charge in [-0.05, 0) is 0 Å². The summed E-state index contributed by atoms with van der Waals surface area (Å²) in [6, 6.07) is -1.43. The van der Waals surface area contributed by atoms with Gasteiger partial charge >= 0.3 is 0 Å². The molecule has 1 aliphatic heterocycles. The maximum Gasteiger partial charge on any atom is 0.158 e. The average molecular weight is 267 g/mol. The molecule has 1 aromatic carbocycles. The number of fused-ring (bicyclic) bond motifs is 1. The number of nitrogens with two attached hydrogens (primary N) is 8. The molecule has 2 unspecified atom stereocenters. The lowest BCUT2D eigenvalue weighted by Gasteiger charge is -2.49. The number of hydrogen-bond acceptors (Lipinski definition) is 9. The summed E-state index contributed by atoms with van der Waals surface area (Å²) in [6.07, 6.45) is 0. The van der Waals surface area contributed by atoms with Gasteiger partial charge in [0.15, 0.2) is 5.79 Å². The number of hydrogen-bond donors (Lipinski definition) is 8. The molecule has 0 spiro atoms. The number of nitrogens with zero attached hydrogens (tertiary/aromatic N) is 1. The van der Waals surface area contributed by atoms with E-state index >= 15 is 0 Å². The first-order valence-electron chi connectivity index (χ1n) is 5.70. The van der Waals surface area contributed by atoms with Gasteiger partial charge in [-0.3, -0.25) is 11.5 Å². The Morgan fingerprint density at radius 2 is 1.37 bits per heavy atom. The Morgan fingerprint density at radius 1 is 0.895 bits per heavy atom. The van der Waals surface area contributed by atoms with E-state index in [-0.39, 0.29) is 22.7 Å². The SMILES string of the molecule is CN1c2c(N)c(N)c(N)c(N)c2C(N)C(N)C1(N)N. The standard InChI is InChI=1S/C10H21N9/c1-19-8-2(4(12)9(16)10(19,17)18)3(11)5(13)6(14)7(8)15/h4,9H,11-18H2,1H3. The fourth-order valence-electron chi connectivity index (χ4n) is 2.42. The lowest BCUT2D eigenvalue weighted by molar-refractivity contribution is 0.296. The van der Waals surface area contributed by atoms with E-state index in [1.165, 1.54) is 4.90 Å². The molecule has 0 saturated heterocycles. The van der Waals surface area contributed by atoms with Crippen LogP contribution in [0.1, 0.15) is 11.6 Å². The van der Waals surface area contributed by atoms with Crippen molar-refractivity contribution in [3.05, 3.63) is 5.56 Å². The largest absolute Gasteiger partial charge is 0.397 e. The van der Waals surface area contributed by atoms with Crippen LogP contribution in [0.25, 0.3) is 0 Å². The molecule has 1 heterocycles. The van der Waals surface area contributed by atoms with E-state index in [4.69, 9.17) is 45.9 Å². The normalized spacial score (nSPS) is 25.2. The summed E-state index contributed by atoms with van der Waals surface area (Å²) in [5, 5.41) is 0. The molecule has 19 heavy (non-hydrogen) atoms. The van der Waals surface area contributed by atoms with Crippen molar-refractivity contribution in [3.63, 3.8) is 0 Å². The van der Waals surface area contributed by atoms with Gasteiger partial charge in [0.2, 0.25) is 0 Å². The molecule has 16 N–H and O–H groups in total. The van der Waals surface area contributed by atoms with Crippen molar-refractivity contribution in [2.45, 2.75) is 17.9 Å². The van der Waals surface area contributed by atoms with Gasteiger partial charge in [0.05, 0.1) is 40.5 Å². The third kappa shape index (κ3) is 1.50. The van der Waals surface area contributed by atoms with Gasteiger partial charge < -0.3 is 39.3 Å². The molecule has 0 saturated carbocycles. The zero-order chi connectivity index (χ0) is 14.7. The Morgan fingerprint density at radius 3 is 1.89 bits per heavy atom. The van der Waals surface area contributed by atoms with Crippen molar-refractivity contribution < 1.29 is 0 Å². The van der Waals surface area contributed by atoms with Crippen LogP contribution in [0.5, 0.6) is 0 Å². The van der Waals surface area contributed by atoms with E-state index in [2.05, 4.69) is 0 Å². The fraction of sp³-hybridized carbons (Fsp3) is 0.400. The van der Waals surface area contributed by atoms with E-state index in [0.29, 0.717) is 11.3 Å². The highest BCUT2D eigenvalue weighted by atomic mass is 15.4. The van der Waals surface area contributed by atoms with Crippen molar-refractivity contribution in [3.8, 4) is 0 Å². The zero-order valence-electron chi connectivity index (χ0n) is 10.7. The molecular weight excluding hydrogens is 246 g/mol. The van der Waals surface area contributed by atoms with Gasteiger partial charge in [0.1, 0.15) is 0 Å². The molecule has 2 atom stereocenters. The van der Waals surface area contributed by atoms with Crippen molar-refractivity contribution in [2.75, 3.05) is 34.9 Å². The molecule has 9 nitrogen and oxygen atoms in total. The molecule has 1 aromatic rings. The maximum atomic E-state index is 6.07. The van der Waals surface area contributed by atoms with Crippen LogP contribution in [0.3, 0.4) is 0 Å². The molecule has 2 rings (SSSR count). The van der Waals surface area contributed by atoms with Gasteiger partial charge in [-0.25, -0.2) is 0 Å². The molecule has 106 valence electrons. The monoisotopic (exact) mass is 267 g/mol. The first kappa shape index (κ1) is 13.5. The number of rotatable bonds is 0. The molecule has 9 heteroatoms. The second kappa shape index (κ2) is 3.78. The smallest absolute Gasteiger partial charge is 0.158 e. The fourth-order valence-corrected chi connectivity index (χ4v) is 2.42. The van der Waals surface area contributed by atoms with E-state index in [1.54, 1.807) is 7.05 Å². The topological polar surface area (TPSA) is 211 Å². The second-order valence-electron chi connectivity index (χ2n) is 4.91. The molecular formula is C10H21N9. The maximum absolute atomic E-state index is 6.07. The number of nitrogen functional groups attached to an aromatic ring is 4. The summed E-state index contributed by atoms with van der Waals surface area (Å²) in [6.45, 7) is 0. The van der Waals surface area contributed by atoms with Crippen LogP contribution in [-0.4, -0.2) is 18.9 Å². The van der Waals surface area contributed by atoms with Crippen molar-refractivity contribution >= 4 is 28.4 Å². The molecule has 1 aliphatic rings. The van der Waals surface area contributed by atoms with Crippen LogP contribution >= 0.6 is 0 Å². The third-order valence-corrected chi connectivity index (χ3v) is 3.84. The number of likely N-dealkylation sites (N-methyl/N-ethyl adjacent to an activating group) is 1. The van der Waals surface area contributed by atoms with Crippen LogP contribution in [0, 0.1) is 0 Å². The molecule has 0 amide bonds. The number of benzene rings is 1. The number of anilines is 5. The third-order valence-electron chi connectivity index (χ3n) is 3.84. The van der Waals surface area contributed by atoms with Crippen LogP contribution in [-0.2, 0) is 0 Å². The summed E-state index contributed by atoms with van der Waals surface area (Å²) in [7, 11) is 1.65. The predicted octanol–water partition coefficient (Wildman–Crippen LogP) is -2.64. The van der Waals surface area contributed by atoms with Gasteiger partial charge in [-0.2, -0.15) is 0 Å². The van der Waals surface area contributed by atoms with Crippen LogP contribution < -0.4 is 50.8 Å². The quantitative estimate of drug-likeness (QED) is 0.182.